The summed E-state index contributed by atoms with van der Waals surface area (Å²) >= 11 is 0. The first-order valence-corrected chi connectivity index (χ1v) is 10.7. The summed E-state index contributed by atoms with van der Waals surface area (Å²) in [5, 5.41) is 7.34. The van der Waals surface area contributed by atoms with Crippen LogP contribution in [0.2, 0.25) is 0 Å². The van der Waals surface area contributed by atoms with Gasteiger partial charge in [-0.15, -0.1) is 0 Å². The second-order valence-corrected chi connectivity index (χ2v) is 8.76. The molecule has 2 aromatic rings. The lowest BCUT2D eigenvalue weighted by Gasteiger charge is -2.23. The summed E-state index contributed by atoms with van der Waals surface area (Å²) in [4.78, 5) is 12.8. The van der Waals surface area contributed by atoms with Crippen LogP contribution in [0.4, 0.5) is 0 Å². The van der Waals surface area contributed by atoms with Gasteiger partial charge < -0.3 is 5.32 Å². The van der Waals surface area contributed by atoms with Crippen molar-refractivity contribution in [3.05, 3.63) is 47.3 Å². The maximum atomic E-state index is 12.6. The first-order valence-electron chi connectivity index (χ1n) is 9.26. The van der Waals surface area contributed by atoms with E-state index in [2.05, 4.69) is 15.1 Å². The van der Waals surface area contributed by atoms with Crippen LogP contribution in [0, 0.1) is 0 Å². The van der Waals surface area contributed by atoms with E-state index in [1.807, 2.05) is 31.8 Å². The van der Waals surface area contributed by atoms with E-state index in [1.165, 1.54) is 12.1 Å². The number of carbonyl (C=O) groups excluding carboxylic acids is 1. The number of nitrogens with zero attached hydrogens (tertiary/aromatic N) is 2. The van der Waals surface area contributed by atoms with Crippen LogP contribution >= 0.6 is 0 Å². The van der Waals surface area contributed by atoms with Crippen LogP contribution in [0.1, 0.15) is 60.8 Å². The molecule has 1 aromatic heterocycles. The average Bonchev–Trinajstić information content (AvgIpc) is 3.03. The number of hydrogen-bond acceptors (Lipinski definition) is 4. The minimum Gasteiger partial charge on any atom is -0.345 e. The van der Waals surface area contributed by atoms with Crippen molar-refractivity contribution in [3.63, 3.8) is 0 Å². The molecular formula is C19H26N4O3S. The maximum absolute atomic E-state index is 12.6. The molecule has 0 fully saturated rings. The minimum atomic E-state index is -3.57. The monoisotopic (exact) mass is 390 g/mol. The summed E-state index contributed by atoms with van der Waals surface area (Å²) in [5.41, 5.74) is 2.66. The Morgan fingerprint density at radius 3 is 2.70 bits per heavy atom. The van der Waals surface area contributed by atoms with Gasteiger partial charge in [-0.1, -0.05) is 6.92 Å². The van der Waals surface area contributed by atoms with E-state index in [9.17, 15) is 13.2 Å². The molecule has 27 heavy (non-hydrogen) atoms. The van der Waals surface area contributed by atoms with Gasteiger partial charge >= 0.3 is 0 Å². The fourth-order valence-corrected chi connectivity index (χ4v) is 4.63. The molecule has 1 aliphatic rings. The van der Waals surface area contributed by atoms with Crippen molar-refractivity contribution in [2.75, 3.05) is 0 Å². The molecule has 0 bridgehead atoms. The van der Waals surface area contributed by atoms with Gasteiger partial charge in [0.25, 0.3) is 5.91 Å². The van der Waals surface area contributed by atoms with Crippen molar-refractivity contribution in [1.82, 2.24) is 19.8 Å². The molecule has 2 atom stereocenters. The van der Waals surface area contributed by atoms with Crippen LogP contribution in [0.15, 0.2) is 35.4 Å². The van der Waals surface area contributed by atoms with Gasteiger partial charge in [-0.25, -0.2) is 13.1 Å². The van der Waals surface area contributed by atoms with Crippen LogP contribution in [-0.4, -0.2) is 30.1 Å². The zero-order valence-corrected chi connectivity index (χ0v) is 16.7. The summed E-state index contributed by atoms with van der Waals surface area (Å²) < 4.78 is 29.1. The first-order chi connectivity index (χ1) is 12.8. The molecule has 2 unspecified atom stereocenters. The topological polar surface area (TPSA) is 93.1 Å². The van der Waals surface area contributed by atoms with Crippen LogP contribution in [0.3, 0.4) is 0 Å². The third-order valence-corrected chi connectivity index (χ3v) is 6.68. The van der Waals surface area contributed by atoms with Crippen molar-refractivity contribution >= 4 is 15.9 Å². The fraction of sp³-hybridized carbons (Fsp3) is 0.474. The number of rotatable bonds is 6. The molecule has 1 amide bonds. The Labute approximate surface area is 160 Å². The third kappa shape index (κ3) is 4.22. The molecule has 146 valence electrons. The maximum Gasteiger partial charge on any atom is 0.251 e. The Hall–Kier alpha value is -2.19. The molecule has 0 aliphatic heterocycles. The van der Waals surface area contributed by atoms with E-state index in [-0.39, 0.29) is 22.9 Å². The van der Waals surface area contributed by atoms with Gasteiger partial charge in [0.15, 0.2) is 0 Å². The first kappa shape index (κ1) is 19.6. The quantitative estimate of drug-likeness (QED) is 0.791. The van der Waals surface area contributed by atoms with Crippen molar-refractivity contribution in [2.45, 2.75) is 56.5 Å². The lowest BCUT2D eigenvalue weighted by Crippen LogP contribution is -2.32. The van der Waals surface area contributed by atoms with Gasteiger partial charge in [0.05, 0.1) is 17.1 Å². The van der Waals surface area contributed by atoms with Crippen molar-refractivity contribution in [1.29, 1.82) is 0 Å². The van der Waals surface area contributed by atoms with Gasteiger partial charge in [0, 0.05) is 29.9 Å². The van der Waals surface area contributed by atoms with E-state index < -0.39 is 10.0 Å². The van der Waals surface area contributed by atoms with E-state index in [1.54, 1.807) is 12.1 Å². The molecule has 2 N–H and O–H groups in total. The number of fused-ring (bicyclic) bond motifs is 1. The SMILES string of the molecule is CCC(C)NS(=O)(=O)c1ccc(C(=O)NC2CCCc3c2cnn3C)cc1. The van der Waals surface area contributed by atoms with E-state index in [0.29, 0.717) is 12.0 Å². The van der Waals surface area contributed by atoms with E-state index >= 15 is 0 Å². The summed E-state index contributed by atoms with van der Waals surface area (Å²) in [6.45, 7) is 3.73. The Morgan fingerprint density at radius 1 is 1.33 bits per heavy atom. The molecule has 7 nitrogen and oxygen atoms in total. The van der Waals surface area contributed by atoms with Crippen LogP contribution in [-0.2, 0) is 23.5 Å². The number of benzene rings is 1. The summed E-state index contributed by atoms with van der Waals surface area (Å²) in [6.07, 6.45) is 5.35. The average molecular weight is 391 g/mol. The standard InChI is InChI=1S/C19H26N4O3S/c1-4-13(2)22-27(25,26)15-10-8-14(9-11-15)19(24)21-17-6-5-7-18-16(17)12-20-23(18)3/h8-13,17,22H,4-7H2,1-3H3,(H,21,24). The fourth-order valence-electron chi connectivity index (χ4n) is 3.30. The minimum absolute atomic E-state index is 0.0644. The zero-order chi connectivity index (χ0) is 19.6. The molecule has 0 saturated carbocycles. The van der Waals surface area contributed by atoms with E-state index in [4.69, 9.17) is 0 Å². The lowest BCUT2D eigenvalue weighted by atomic mass is 9.93. The number of nitrogens with one attached hydrogen (secondary N) is 2. The molecule has 0 saturated heterocycles. The summed E-state index contributed by atoms with van der Waals surface area (Å²) in [6, 6.07) is 5.83. The molecule has 3 rings (SSSR count). The molecular weight excluding hydrogens is 364 g/mol. The number of aryl methyl sites for hydroxylation is 1. The Balaban J connectivity index is 1.72. The van der Waals surface area contributed by atoms with Gasteiger partial charge in [-0.05, 0) is 56.9 Å². The summed E-state index contributed by atoms with van der Waals surface area (Å²) in [7, 11) is -1.66. The normalized spacial score (nSPS) is 18.0. The second-order valence-electron chi connectivity index (χ2n) is 7.04. The predicted octanol–water partition coefficient (Wildman–Crippen LogP) is 2.30. The Morgan fingerprint density at radius 2 is 2.04 bits per heavy atom. The van der Waals surface area contributed by atoms with E-state index in [0.717, 1.165) is 30.5 Å². The number of amides is 1. The molecule has 1 aliphatic carbocycles. The van der Waals surface area contributed by atoms with Crippen molar-refractivity contribution < 1.29 is 13.2 Å². The van der Waals surface area contributed by atoms with Crippen LogP contribution in [0.5, 0.6) is 0 Å². The number of aromatic nitrogens is 2. The predicted molar refractivity (Wildman–Crippen MR) is 103 cm³/mol. The molecule has 0 radical (unpaired) electrons. The highest BCUT2D eigenvalue weighted by Gasteiger charge is 2.25. The van der Waals surface area contributed by atoms with Gasteiger partial charge in [0.2, 0.25) is 10.0 Å². The second kappa shape index (κ2) is 7.82. The van der Waals surface area contributed by atoms with Gasteiger partial charge in [-0.2, -0.15) is 5.10 Å². The third-order valence-electron chi connectivity index (χ3n) is 5.08. The number of sulfonamides is 1. The molecule has 0 spiro atoms. The lowest BCUT2D eigenvalue weighted by molar-refractivity contribution is 0.0932. The Kier molecular flexibility index (Phi) is 5.67. The highest BCUT2D eigenvalue weighted by Crippen LogP contribution is 2.29. The van der Waals surface area contributed by atoms with Gasteiger partial charge in [-0.3, -0.25) is 9.48 Å². The smallest absolute Gasteiger partial charge is 0.251 e. The molecule has 1 heterocycles. The van der Waals surface area contributed by atoms with Crippen LogP contribution < -0.4 is 10.0 Å². The largest absolute Gasteiger partial charge is 0.345 e. The molecule has 8 heteroatoms. The van der Waals surface area contributed by atoms with Crippen LogP contribution in [0.25, 0.3) is 0 Å². The number of carbonyl (C=O) groups is 1. The summed E-state index contributed by atoms with van der Waals surface area (Å²) in [5.74, 6) is -0.212. The highest BCUT2D eigenvalue weighted by atomic mass is 32.2. The van der Waals surface area contributed by atoms with Crippen molar-refractivity contribution in [2.24, 2.45) is 7.05 Å². The van der Waals surface area contributed by atoms with Crippen molar-refractivity contribution in [3.8, 4) is 0 Å². The highest BCUT2D eigenvalue weighted by molar-refractivity contribution is 7.89. The zero-order valence-electron chi connectivity index (χ0n) is 15.9. The van der Waals surface area contributed by atoms with Gasteiger partial charge in [0.1, 0.15) is 0 Å². The molecule has 1 aromatic carbocycles. The Bertz CT molecular complexity index is 919. The number of hydrogen-bond donors (Lipinski definition) is 2.